The fourth-order valence-electron chi connectivity index (χ4n) is 0. The van der Waals surface area contributed by atoms with Gasteiger partial charge in [0.15, 0.2) is 0 Å². The third kappa shape index (κ3) is 250. The summed E-state index contributed by atoms with van der Waals surface area (Å²) in [6.45, 7) is 3.14. The number of hydrogen-bond acceptors (Lipinski definition) is 2. The first-order valence-electron chi connectivity index (χ1n) is 1.99. The van der Waals surface area contributed by atoms with Crippen LogP contribution in [0.15, 0.2) is 0 Å². The molecule has 0 saturated heterocycles. The molecule has 0 aromatic carbocycles. The van der Waals surface area contributed by atoms with E-state index in [1.54, 1.807) is 13.8 Å². The molecule has 0 heterocycles. The first-order valence-corrected chi connectivity index (χ1v) is 1.99. The zero-order valence-electron chi connectivity index (χ0n) is 4.81. The van der Waals surface area contributed by atoms with Crippen LogP contribution in [0, 0.1) is 0 Å². The van der Waals surface area contributed by atoms with Crippen LogP contribution in [-0.4, -0.2) is 39.1 Å². The largest absolute Gasteiger partial charge is 0.855 e. The van der Waals surface area contributed by atoms with Crippen LogP contribution in [0.3, 0.4) is 0 Å². The maximum absolute atomic E-state index is 8.93. The molecule has 7 heavy (non-hydrogen) atoms. The zero-order chi connectivity index (χ0) is 5.41. The first kappa shape index (κ1) is 15.7. The number of rotatable bonds is 0. The van der Waals surface area contributed by atoms with Gasteiger partial charge in [-0.3, -0.25) is 0 Å². The van der Waals surface area contributed by atoms with Gasteiger partial charge in [-0.15, -0.1) is 13.2 Å². The molecule has 0 aliphatic rings. The van der Waals surface area contributed by atoms with Gasteiger partial charge in [-0.1, -0.05) is 13.8 Å². The van der Waals surface area contributed by atoms with Crippen molar-refractivity contribution in [3.63, 3.8) is 0 Å². The second-order valence-electron chi connectivity index (χ2n) is 0.577. The SMILES string of the molecule is CC[O-].CC[O-].[In]. The molecule has 0 amide bonds. The summed E-state index contributed by atoms with van der Waals surface area (Å²) in [6, 6.07) is 0. The van der Waals surface area contributed by atoms with Gasteiger partial charge in [-0.25, -0.2) is 0 Å². The van der Waals surface area contributed by atoms with Crippen LogP contribution in [-0.2, 0) is 0 Å². The zero-order valence-corrected chi connectivity index (χ0v) is 8.10. The molecule has 0 N–H and O–H groups in total. The molecular weight excluding hydrogens is 195 g/mol. The molecule has 0 aromatic rings. The van der Waals surface area contributed by atoms with Crippen LogP contribution in [0.2, 0.25) is 0 Å². The van der Waals surface area contributed by atoms with Gasteiger partial charge in [0.2, 0.25) is 0 Å². The standard InChI is InChI=1S/2C2H5O.In/c2*1-2-3;/h2*2H2,1H3;/q2*-1;. The van der Waals surface area contributed by atoms with Crippen molar-refractivity contribution >= 4 is 25.8 Å². The predicted octanol–water partition coefficient (Wildman–Crippen LogP) is -1.65. The number of hydrogen-bond donors (Lipinski definition) is 0. The van der Waals surface area contributed by atoms with E-state index in [1.165, 1.54) is 0 Å². The van der Waals surface area contributed by atoms with Crippen LogP contribution in [0.4, 0.5) is 0 Å². The average Bonchev–Trinajstić information content (AvgIpc) is 1.39. The van der Waals surface area contributed by atoms with E-state index in [0.29, 0.717) is 0 Å². The topological polar surface area (TPSA) is 46.1 Å². The predicted molar refractivity (Wildman–Crippen MR) is 26.8 cm³/mol. The summed E-state index contributed by atoms with van der Waals surface area (Å²) in [6.07, 6.45) is 0. The van der Waals surface area contributed by atoms with Crippen molar-refractivity contribution in [1.82, 2.24) is 0 Å². The summed E-state index contributed by atoms with van der Waals surface area (Å²) in [5, 5.41) is 17.9. The van der Waals surface area contributed by atoms with E-state index in [-0.39, 0.29) is 39.1 Å². The molecule has 0 saturated carbocycles. The van der Waals surface area contributed by atoms with Crippen LogP contribution < -0.4 is 10.2 Å². The fraction of sp³-hybridized carbons (Fsp3) is 1.00. The van der Waals surface area contributed by atoms with E-state index in [1.807, 2.05) is 0 Å². The molecule has 0 unspecified atom stereocenters. The van der Waals surface area contributed by atoms with Gasteiger partial charge in [-0.05, 0) is 0 Å². The summed E-state index contributed by atoms with van der Waals surface area (Å²) in [4.78, 5) is 0. The van der Waals surface area contributed by atoms with Gasteiger partial charge in [0.25, 0.3) is 0 Å². The van der Waals surface area contributed by atoms with Crippen molar-refractivity contribution in [2.24, 2.45) is 0 Å². The smallest absolute Gasteiger partial charge is 0 e. The Labute approximate surface area is 63.3 Å². The van der Waals surface area contributed by atoms with Crippen LogP contribution in [0.5, 0.6) is 0 Å². The van der Waals surface area contributed by atoms with E-state index < -0.39 is 0 Å². The minimum absolute atomic E-state index is 0. The minimum atomic E-state index is 0. The van der Waals surface area contributed by atoms with Crippen molar-refractivity contribution in [3.05, 3.63) is 0 Å². The Morgan fingerprint density at radius 3 is 1.00 bits per heavy atom. The second kappa shape index (κ2) is 29.2. The molecule has 3 radical (unpaired) electrons. The molecule has 0 atom stereocenters. The summed E-state index contributed by atoms with van der Waals surface area (Å²) in [5.41, 5.74) is 0. The summed E-state index contributed by atoms with van der Waals surface area (Å²) < 4.78 is 0. The Balaban J connectivity index is -0.0000000400. The van der Waals surface area contributed by atoms with Crippen molar-refractivity contribution in [1.29, 1.82) is 0 Å². The Hall–Kier alpha value is 0.790. The molecule has 0 bridgehead atoms. The quantitative estimate of drug-likeness (QED) is 0.475. The molecule has 2 nitrogen and oxygen atoms in total. The van der Waals surface area contributed by atoms with Gasteiger partial charge in [-0.2, -0.15) is 0 Å². The van der Waals surface area contributed by atoms with Crippen LogP contribution >= 0.6 is 0 Å². The van der Waals surface area contributed by atoms with Crippen LogP contribution in [0.25, 0.3) is 0 Å². The van der Waals surface area contributed by atoms with Gasteiger partial charge in [0, 0.05) is 25.8 Å². The van der Waals surface area contributed by atoms with Crippen molar-refractivity contribution in [2.75, 3.05) is 13.2 Å². The Morgan fingerprint density at radius 1 is 1.00 bits per heavy atom. The van der Waals surface area contributed by atoms with Gasteiger partial charge < -0.3 is 10.2 Å². The summed E-state index contributed by atoms with van der Waals surface area (Å²) in [7, 11) is 0. The molecule has 0 aromatic heterocycles. The van der Waals surface area contributed by atoms with E-state index in [9.17, 15) is 0 Å². The molecule has 0 rings (SSSR count). The minimum Gasteiger partial charge on any atom is -0.855 e. The molecule has 0 aliphatic heterocycles. The molecule has 0 spiro atoms. The second-order valence-corrected chi connectivity index (χ2v) is 0.577. The Kier molecular flexibility index (Phi) is 65.4. The van der Waals surface area contributed by atoms with Gasteiger partial charge >= 0.3 is 0 Å². The third-order valence-corrected chi connectivity index (χ3v) is 0. The molecule has 43 valence electrons. The average molecular weight is 205 g/mol. The fourth-order valence-corrected chi connectivity index (χ4v) is 0. The monoisotopic (exact) mass is 205 g/mol. The van der Waals surface area contributed by atoms with Crippen LogP contribution in [0.1, 0.15) is 13.8 Å². The maximum atomic E-state index is 8.93. The van der Waals surface area contributed by atoms with E-state index in [0.717, 1.165) is 0 Å². The van der Waals surface area contributed by atoms with Gasteiger partial charge in [0.1, 0.15) is 0 Å². The molecule has 3 heteroatoms. The van der Waals surface area contributed by atoms with Crippen molar-refractivity contribution in [3.8, 4) is 0 Å². The molecule has 0 aliphatic carbocycles. The van der Waals surface area contributed by atoms with Crippen molar-refractivity contribution < 1.29 is 10.2 Å². The van der Waals surface area contributed by atoms with Crippen molar-refractivity contribution in [2.45, 2.75) is 13.8 Å². The first-order chi connectivity index (χ1) is 2.83. The third-order valence-electron chi connectivity index (χ3n) is 0. The molecular formula is C4H10InO2-2. The Morgan fingerprint density at radius 2 is 1.00 bits per heavy atom. The Bertz CT molecular complexity index is 11.7. The summed E-state index contributed by atoms with van der Waals surface area (Å²) >= 11 is 0. The molecule has 0 fully saturated rings. The maximum Gasteiger partial charge on any atom is 0 e. The van der Waals surface area contributed by atoms with Gasteiger partial charge in [0.05, 0.1) is 0 Å². The summed E-state index contributed by atoms with van der Waals surface area (Å²) in [5.74, 6) is 0. The normalized spacial score (nSPS) is 5.14. The van der Waals surface area contributed by atoms with E-state index in [2.05, 4.69) is 0 Å². The van der Waals surface area contributed by atoms with E-state index >= 15 is 0 Å². The van der Waals surface area contributed by atoms with E-state index in [4.69, 9.17) is 10.2 Å².